The topological polar surface area (TPSA) is 77.4 Å². The summed E-state index contributed by atoms with van der Waals surface area (Å²) in [5.41, 5.74) is 1.37. The molecule has 1 heterocycles. The minimum absolute atomic E-state index is 0.0328. The van der Waals surface area contributed by atoms with Gasteiger partial charge in [-0.05, 0) is 58.2 Å². The van der Waals surface area contributed by atoms with Crippen LogP contribution in [0.3, 0.4) is 0 Å². The van der Waals surface area contributed by atoms with E-state index in [0.717, 1.165) is 43.3 Å². The first kappa shape index (κ1) is 24.9. The van der Waals surface area contributed by atoms with E-state index in [0.29, 0.717) is 0 Å². The predicted octanol–water partition coefficient (Wildman–Crippen LogP) is 3.67. The Kier molecular flexibility index (Phi) is 10.1. The second-order valence-electron chi connectivity index (χ2n) is 7.64. The Hall–Kier alpha value is -2.32. The number of ether oxygens (including phenoxy) is 2. The first-order chi connectivity index (χ1) is 14.9. The molecule has 2 rings (SSSR count). The van der Waals surface area contributed by atoms with Crippen molar-refractivity contribution in [3.05, 3.63) is 42.5 Å². The molecule has 0 amide bonds. The molecule has 1 aliphatic heterocycles. The molecule has 1 aromatic rings. The molecule has 0 N–H and O–H groups in total. The summed E-state index contributed by atoms with van der Waals surface area (Å²) in [7, 11) is 0. The van der Waals surface area contributed by atoms with E-state index >= 15 is 0 Å². The van der Waals surface area contributed by atoms with E-state index in [1.165, 1.54) is 11.3 Å². The Morgan fingerprint density at radius 3 is 2.39 bits per heavy atom. The van der Waals surface area contributed by atoms with Gasteiger partial charge in [0.1, 0.15) is 18.9 Å². The van der Waals surface area contributed by atoms with Crippen molar-refractivity contribution >= 4 is 29.4 Å². The number of esters is 2. The number of hydrogen-bond donors (Lipinski definition) is 0. The molecule has 1 aromatic carbocycles. The lowest BCUT2D eigenvalue weighted by atomic mass is 9.88. The maximum Gasteiger partial charge on any atom is 0.347 e. The lowest BCUT2D eigenvalue weighted by Crippen LogP contribution is -2.52. The summed E-state index contributed by atoms with van der Waals surface area (Å²) in [5.74, 6) is -1.14. The molecule has 31 heavy (non-hydrogen) atoms. The average Bonchev–Trinajstić information content (AvgIpc) is 2.80. The number of likely N-dealkylation sites (tertiary alicyclic amines) is 1. The van der Waals surface area contributed by atoms with Crippen molar-refractivity contribution in [2.45, 2.75) is 43.5 Å². The number of carbonyl (C=O) groups is 2. The quantitative estimate of drug-likeness (QED) is 0.128. The zero-order valence-electron chi connectivity index (χ0n) is 18.6. The van der Waals surface area contributed by atoms with Crippen molar-refractivity contribution in [3.8, 4) is 0 Å². The molecular formula is C23H32N2O5S. The van der Waals surface area contributed by atoms with Gasteiger partial charge >= 0.3 is 11.9 Å². The third kappa shape index (κ3) is 7.70. The van der Waals surface area contributed by atoms with Gasteiger partial charge in [0.2, 0.25) is 6.61 Å². The SMILES string of the molecule is C=CC(=O)OCCOC(=O)CON=C(c1ccc(SC)cc1)C(C)(C)N1CCCCC1. The van der Waals surface area contributed by atoms with Gasteiger partial charge in [-0.2, -0.15) is 0 Å². The largest absolute Gasteiger partial charge is 0.459 e. The zero-order valence-corrected chi connectivity index (χ0v) is 19.4. The van der Waals surface area contributed by atoms with Gasteiger partial charge < -0.3 is 14.3 Å². The molecule has 0 spiro atoms. The Balaban J connectivity index is 2.05. The van der Waals surface area contributed by atoms with Crippen LogP contribution < -0.4 is 0 Å². The number of thioether (sulfide) groups is 1. The van der Waals surface area contributed by atoms with Gasteiger partial charge in [0.25, 0.3) is 0 Å². The van der Waals surface area contributed by atoms with Crippen LogP contribution in [0.5, 0.6) is 0 Å². The molecule has 1 fully saturated rings. The predicted molar refractivity (Wildman–Crippen MR) is 122 cm³/mol. The standard InChI is InChI=1S/C23H32N2O5S/c1-5-20(26)28-15-16-29-21(27)17-30-24-22(18-9-11-19(31-4)12-10-18)23(2,3)25-13-7-6-8-14-25/h5,9-12H,1,6-8,13-17H2,2-4H3. The fraction of sp³-hybridized carbons (Fsp3) is 0.522. The van der Waals surface area contributed by atoms with Crippen LogP contribution in [0.1, 0.15) is 38.7 Å². The highest BCUT2D eigenvalue weighted by Gasteiger charge is 2.34. The number of rotatable bonds is 11. The fourth-order valence-corrected chi connectivity index (χ4v) is 3.83. The Bertz CT molecular complexity index is 771. The van der Waals surface area contributed by atoms with E-state index in [9.17, 15) is 9.59 Å². The van der Waals surface area contributed by atoms with Crippen molar-refractivity contribution in [3.63, 3.8) is 0 Å². The van der Waals surface area contributed by atoms with Crippen molar-refractivity contribution in [1.29, 1.82) is 0 Å². The fourth-order valence-electron chi connectivity index (χ4n) is 3.42. The number of oxime groups is 1. The minimum Gasteiger partial charge on any atom is -0.459 e. The third-order valence-electron chi connectivity index (χ3n) is 5.19. The van der Waals surface area contributed by atoms with Crippen LogP contribution in [-0.4, -0.2) is 67.3 Å². The number of benzene rings is 1. The van der Waals surface area contributed by atoms with Gasteiger partial charge in [-0.3, -0.25) is 4.90 Å². The summed E-state index contributed by atoms with van der Waals surface area (Å²) in [4.78, 5) is 31.9. The summed E-state index contributed by atoms with van der Waals surface area (Å²) in [6.45, 7) is 9.16. The first-order valence-electron chi connectivity index (χ1n) is 10.4. The summed E-state index contributed by atoms with van der Waals surface area (Å²) < 4.78 is 9.76. The number of carbonyl (C=O) groups excluding carboxylic acids is 2. The summed E-state index contributed by atoms with van der Waals surface area (Å²) in [6.07, 6.45) is 6.65. The minimum atomic E-state index is -0.578. The van der Waals surface area contributed by atoms with Gasteiger partial charge in [0, 0.05) is 16.5 Å². The molecule has 7 nitrogen and oxygen atoms in total. The number of nitrogens with zero attached hydrogens (tertiary/aromatic N) is 2. The van der Waals surface area contributed by atoms with Gasteiger partial charge in [-0.25, -0.2) is 9.59 Å². The second kappa shape index (κ2) is 12.5. The summed E-state index contributed by atoms with van der Waals surface area (Å²) in [5, 5.41) is 4.37. The average molecular weight is 449 g/mol. The maximum absolute atomic E-state index is 11.9. The van der Waals surface area contributed by atoms with E-state index in [1.807, 2.05) is 18.4 Å². The molecule has 1 aliphatic rings. The molecule has 0 unspecified atom stereocenters. The molecule has 0 aliphatic carbocycles. The highest BCUT2D eigenvalue weighted by atomic mass is 32.2. The lowest BCUT2D eigenvalue weighted by molar-refractivity contribution is -0.153. The molecule has 8 heteroatoms. The van der Waals surface area contributed by atoms with Crippen molar-refractivity contribution in [2.75, 3.05) is 39.2 Å². The maximum atomic E-state index is 11.9. The summed E-state index contributed by atoms with van der Waals surface area (Å²) >= 11 is 1.68. The third-order valence-corrected chi connectivity index (χ3v) is 5.93. The van der Waals surface area contributed by atoms with Crippen molar-refractivity contribution < 1.29 is 23.9 Å². The molecule has 0 bridgehead atoms. The van der Waals surface area contributed by atoms with Crippen molar-refractivity contribution in [1.82, 2.24) is 4.90 Å². The second-order valence-corrected chi connectivity index (χ2v) is 8.52. The van der Waals surface area contributed by atoms with Crippen LogP contribution in [0, 0.1) is 0 Å². The van der Waals surface area contributed by atoms with Crippen LogP contribution in [0.4, 0.5) is 0 Å². The highest BCUT2D eigenvalue weighted by molar-refractivity contribution is 7.98. The Labute approximate surface area is 188 Å². The normalized spacial score (nSPS) is 15.3. The monoisotopic (exact) mass is 448 g/mol. The molecule has 170 valence electrons. The highest BCUT2D eigenvalue weighted by Crippen LogP contribution is 2.26. The van der Waals surface area contributed by atoms with E-state index in [2.05, 4.69) is 42.6 Å². The van der Waals surface area contributed by atoms with Crippen LogP contribution in [0.15, 0.2) is 47.0 Å². The smallest absolute Gasteiger partial charge is 0.347 e. The molecule has 0 atom stereocenters. The van der Waals surface area contributed by atoms with Gasteiger partial charge in [-0.15, -0.1) is 11.8 Å². The molecule has 0 radical (unpaired) electrons. The number of piperidine rings is 1. The van der Waals surface area contributed by atoms with Crippen LogP contribution in [0.2, 0.25) is 0 Å². The summed E-state index contributed by atoms with van der Waals surface area (Å²) in [6, 6.07) is 8.18. The van der Waals surface area contributed by atoms with E-state index < -0.39 is 11.9 Å². The first-order valence-corrected chi connectivity index (χ1v) is 11.7. The van der Waals surface area contributed by atoms with Gasteiger partial charge in [0.05, 0.1) is 5.54 Å². The van der Waals surface area contributed by atoms with Crippen LogP contribution >= 0.6 is 11.8 Å². The van der Waals surface area contributed by atoms with Gasteiger partial charge in [0.15, 0.2) is 0 Å². The van der Waals surface area contributed by atoms with Gasteiger partial charge in [-0.1, -0.05) is 30.3 Å². The Morgan fingerprint density at radius 1 is 1.13 bits per heavy atom. The lowest BCUT2D eigenvalue weighted by Gasteiger charge is -2.41. The molecule has 0 aromatic heterocycles. The van der Waals surface area contributed by atoms with Crippen LogP contribution in [-0.2, 0) is 23.9 Å². The zero-order chi connectivity index (χ0) is 22.7. The van der Waals surface area contributed by atoms with Crippen molar-refractivity contribution in [2.24, 2.45) is 5.16 Å². The number of hydrogen-bond acceptors (Lipinski definition) is 8. The Morgan fingerprint density at radius 2 is 1.77 bits per heavy atom. The van der Waals surface area contributed by atoms with E-state index in [-0.39, 0.29) is 25.4 Å². The van der Waals surface area contributed by atoms with E-state index in [1.54, 1.807) is 11.8 Å². The van der Waals surface area contributed by atoms with Crippen LogP contribution in [0.25, 0.3) is 0 Å². The molecular weight excluding hydrogens is 416 g/mol. The van der Waals surface area contributed by atoms with E-state index in [4.69, 9.17) is 14.3 Å². The molecule has 1 saturated heterocycles. The molecule has 0 saturated carbocycles.